The molecule has 0 spiro atoms. The second-order valence-electron chi connectivity index (χ2n) is 5.11. The van der Waals surface area contributed by atoms with Crippen LogP contribution >= 0.6 is 0 Å². The number of pyridine rings is 1. The summed E-state index contributed by atoms with van der Waals surface area (Å²) < 4.78 is 0. The molecule has 0 aliphatic carbocycles. The highest BCUT2D eigenvalue weighted by Crippen LogP contribution is 2.37. The first-order chi connectivity index (χ1) is 10.3. The van der Waals surface area contributed by atoms with Gasteiger partial charge in [-0.2, -0.15) is 0 Å². The standard InChI is InChI=1S/C18H14N2O/c21-17-12-14-7-1-3-9-15(14)19-18(17)20-11-5-8-13-6-2-4-10-16(13)20/h1-7,9-12,21H,8H2. The van der Waals surface area contributed by atoms with Gasteiger partial charge < -0.3 is 5.11 Å². The Labute approximate surface area is 122 Å². The van der Waals surface area contributed by atoms with Crippen LogP contribution in [0.5, 0.6) is 5.75 Å². The minimum Gasteiger partial charge on any atom is -0.504 e. The van der Waals surface area contributed by atoms with Gasteiger partial charge in [0.05, 0.1) is 11.2 Å². The van der Waals surface area contributed by atoms with E-state index in [1.165, 1.54) is 5.56 Å². The molecule has 3 aromatic rings. The number of hydrogen-bond donors (Lipinski definition) is 1. The van der Waals surface area contributed by atoms with Crippen molar-refractivity contribution in [1.29, 1.82) is 0 Å². The van der Waals surface area contributed by atoms with Gasteiger partial charge in [-0.25, -0.2) is 4.98 Å². The molecule has 2 heterocycles. The molecule has 3 nitrogen and oxygen atoms in total. The predicted octanol–water partition coefficient (Wildman–Crippen LogP) is 4.15. The smallest absolute Gasteiger partial charge is 0.180 e. The van der Waals surface area contributed by atoms with Crippen LogP contribution in [0.3, 0.4) is 0 Å². The summed E-state index contributed by atoms with van der Waals surface area (Å²) in [5.41, 5.74) is 3.18. The van der Waals surface area contributed by atoms with E-state index in [-0.39, 0.29) is 5.75 Å². The molecule has 0 saturated carbocycles. The van der Waals surface area contributed by atoms with Crippen molar-refractivity contribution in [2.24, 2.45) is 0 Å². The Hall–Kier alpha value is -2.81. The van der Waals surface area contributed by atoms with Gasteiger partial charge in [-0.05, 0) is 30.2 Å². The maximum atomic E-state index is 10.3. The molecular formula is C18H14N2O. The number of anilines is 2. The largest absolute Gasteiger partial charge is 0.504 e. The summed E-state index contributed by atoms with van der Waals surface area (Å²) in [6, 6.07) is 17.8. The van der Waals surface area contributed by atoms with Crippen LogP contribution in [-0.4, -0.2) is 10.1 Å². The van der Waals surface area contributed by atoms with Gasteiger partial charge in [0.15, 0.2) is 11.6 Å². The average molecular weight is 274 g/mol. The predicted molar refractivity (Wildman–Crippen MR) is 84.8 cm³/mol. The van der Waals surface area contributed by atoms with E-state index in [1.807, 2.05) is 47.5 Å². The number of benzene rings is 2. The molecule has 2 aromatic carbocycles. The van der Waals surface area contributed by atoms with E-state index in [4.69, 9.17) is 0 Å². The fraction of sp³-hybridized carbons (Fsp3) is 0.0556. The average Bonchev–Trinajstić information content (AvgIpc) is 2.54. The zero-order valence-electron chi connectivity index (χ0n) is 11.4. The summed E-state index contributed by atoms with van der Waals surface area (Å²) in [4.78, 5) is 6.57. The summed E-state index contributed by atoms with van der Waals surface area (Å²) in [7, 11) is 0. The maximum Gasteiger partial charge on any atom is 0.180 e. The molecule has 4 rings (SSSR count). The van der Waals surface area contributed by atoms with E-state index in [1.54, 1.807) is 6.07 Å². The van der Waals surface area contributed by atoms with Crippen LogP contribution in [0.2, 0.25) is 0 Å². The van der Waals surface area contributed by atoms with Crippen molar-refractivity contribution in [2.75, 3.05) is 4.90 Å². The molecule has 1 aliphatic heterocycles. The Kier molecular flexibility index (Phi) is 2.64. The first-order valence-corrected chi connectivity index (χ1v) is 6.95. The molecule has 0 radical (unpaired) electrons. The quantitative estimate of drug-likeness (QED) is 0.724. The lowest BCUT2D eigenvalue weighted by molar-refractivity contribution is 0.475. The van der Waals surface area contributed by atoms with Gasteiger partial charge in [0.1, 0.15) is 0 Å². The van der Waals surface area contributed by atoms with Crippen LogP contribution in [0, 0.1) is 0 Å². The summed E-state index contributed by atoms with van der Waals surface area (Å²) in [6.45, 7) is 0. The Bertz CT molecular complexity index is 855. The van der Waals surface area contributed by atoms with Crippen molar-refractivity contribution >= 4 is 22.4 Å². The third kappa shape index (κ3) is 1.94. The first kappa shape index (κ1) is 12.0. The molecule has 1 aliphatic rings. The molecule has 0 saturated heterocycles. The van der Waals surface area contributed by atoms with Crippen LogP contribution in [0.1, 0.15) is 5.56 Å². The lowest BCUT2D eigenvalue weighted by atomic mass is 10.1. The van der Waals surface area contributed by atoms with E-state index in [0.717, 1.165) is 23.0 Å². The summed E-state index contributed by atoms with van der Waals surface area (Å²) in [5, 5.41) is 11.3. The molecule has 0 atom stereocenters. The number of para-hydroxylation sites is 2. The Balaban J connectivity index is 1.92. The van der Waals surface area contributed by atoms with Crippen molar-refractivity contribution in [1.82, 2.24) is 4.98 Å². The molecule has 0 amide bonds. The van der Waals surface area contributed by atoms with Crippen LogP contribution in [0.15, 0.2) is 66.9 Å². The minimum atomic E-state index is 0.190. The normalized spacial score (nSPS) is 13.4. The maximum absolute atomic E-state index is 10.3. The number of hydrogen-bond acceptors (Lipinski definition) is 3. The topological polar surface area (TPSA) is 36.4 Å². The fourth-order valence-corrected chi connectivity index (χ4v) is 2.74. The molecule has 1 aromatic heterocycles. The highest BCUT2D eigenvalue weighted by molar-refractivity contribution is 5.85. The SMILES string of the molecule is Oc1cc2ccccc2nc1N1C=CCc2ccccc21. The fourth-order valence-electron chi connectivity index (χ4n) is 2.74. The number of nitrogens with zero attached hydrogens (tertiary/aromatic N) is 2. The van der Waals surface area contributed by atoms with E-state index in [9.17, 15) is 5.11 Å². The molecule has 0 unspecified atom stereocenters. The van der Waals surface area contributed by atoms with Crippen LogP contribution in [0.4, 0.5) is 11.5 Å². The van der Waals surface area contributed by atoms with E-state index < -0.39 is 0 Å². The molecule has 21 heavy (non-hydrogen) atoms. The third-order valence-corrected chi connectivity index (χ3v) is 3.76. The van der Waals surface area contributed by atoms with Crippen LogP contribution in [-0.2, 0) is 6.42 Å². The number of fused-ring (bicyclic) bond motifs is 2. The van der Waals surface area contributed by atoms with Crippen LogP contribution in [0.25, 0.3) is 10.9 Å². The lowest BCUT2D eigenvalue weighted by Crippen LogP contribution is -2.15. The summed E-state index contributed by atoms with van der Waals surface area (Å²) in [5.74, 6) is 0.757. The highest BCUT2D eigenvalue weighted by Gasteiger charge is 2.18. The Morgan fingerprint density at radius 3 is 2.76 bits per heavy atom. The number of allylic oxidation sites excluding steroid dienone is 1. The third-order valence-electron chi connectivity index (χ3n) is 3.76. The van der Waals surface area contributed by atoms with Gasteiger partial charge >= 0.3 is 0 Å². The molecular weight excluding hydrogens is 260 g/mol. The monoisotopic (exact) mass is 274 g/mol. The molecule has 102 valence electrons. The van der Waals surface area contributed by atoms with Gasteiger partial charge in [-0.1, -0.05) is 42.5 Å². The van der Waals surface area contributed by atoms with Gasteiger partial charge in [0.25, 0.3) is 0 Å². The molecule has 0 bridgehead atoms. The van der Waals surface area contributed by atoms with Gasteiger partial charge in [0.2, 0.25) is 0 Å². The van der Waals surface area contributed by atoms with Crippen molar-refractivity contribution in [3.05, 3.63) is 72.4 Å². The van der Waals surface area contributed by atoms with Crippen molar-refractivity contribution in [2.45, 2.75) is 6.42 Å². The Morgan fingerprint density at radius 2 is 1.81 bits per heavy atom. The Morgan fingerprint density at radius 1 is 1.00 bits per heavy atom. The van der Waals surface area contributed by atoms with Crippen molar-refractivity contribution in [3.63, 3.8) is 0 Å². The molecule has 0 fully saturated rings. The highest BCUT2D eigenvalue weighted by atomic mass is 16.3. The zero-order valence-corrected chi connectivity index (χ0v) is 11.4. The number of rotatable bonds is 1. The first-order valence-electron chi connectivity index (χ1n) is 6.95. The zero-order chi connectivity index (χ0) is 14.2. The lowest BCUT2D eigenvalue weighted by Gasteiger charge is -2.26. The van der Waals surface area contributed by atoms with Crippen molar-refractivity contribution in [3.8, 4) is 5.75 Å². The summed E-state index contributed by atoms with van der Waals surface area (Å²) >= 11 is 0. The second kappa shape index (κ2) is 4.63. The van der Waals surface area contributed by atoms with Crippen molar-refractivity contribution < 1.29 is 5.11 Å². The summed E-state index contributed by atoms with van der Waals surface area (Å²) in [6.07, 6.45) is 4.96. The van der Waals surface area contributed by atoms with Gasteiger partial charge in [0, 0.05) is 11.6 Å². The minimum absolute atomic E-state index is 0.190. The number of aromatic nitrogens is 1. The van der Waals surface area contributed by atoms with E-state index >= 15 is 0 Å². The van der Waals surface area contributed by atoms with E-state index in [0.29, 0.717) is 5.82 Å². The number of aromatic hydroxyl groups is 1. The molecule has 1 N–H and O–H groups in total. The second-order valence-corrected chi connectivity index (χ2v) is 5.11. The molecule has 3 heteroatoms. The van der Waals surface area contributed by atoms with Gasteiger partial charge in [-0.3, -0.25) is 4.90 Å². The van der Waals surface area contributed by atoms with Crippen LogP contribution < -0.4 is 4.90 Å². The van der Waals surface area contributed by atoms with E-state index in [2.05, 4.69) is 23.2 Å². The van der Waals surface area contributed by atoms with Gasteiger partial charge in [-0.15, -0.1) is 0 Å².